The Morgan fingerprint density at radius 3 is 2.45 bits per heavy atom. The van der Waals surface area contributed by atoms with Gasteiger partial charge >= 0.3 is 0 Å². The number of hydrogen-bond acceptors (Lipinski definition) is 3. The Balaban J connectivity index is 1.53. The summed E-state index contributed by atoms with van der Waals surface area (Å²) < 4.78 is 14.3. The molecule has 31 heavy (non-hydrogen) atoms. The number of nitrogens with one attached hydrogen (secondary N) is 1. The highest BCUT2D eigenvalue weighted by Crippen LogP contribution is 2.43. The molecule has 1 saturated carbocycles. The van der Waals surface area contributed by atoms with E-state index in [-0.39, 0.29) is 17.4 Å². The van der Waals surface area contributed by atoms with Crippen LogP contribution in [0.3, 0.4) is 0 Å². The first-order valence-corrected chi connectivity index (χ1v) is 10.8. The fraction of sp³-hybridized carbons (Fsp3) is 0.192. The van der Waals surface area contributed by atoms with Gasteiger partial charge in [-0.3, -0.25) is 4.98 Å². The molecule has 156 valence electrons. The quantitative estimate of drug-likeness (QED) is 0.364. The molecule has 0 radical (unpaired) electrons. The second-order valence-corrected chi connectivity index (χ2v) is 8.74. The molecule has 5 heteroatoms. The Morgan fingerprint density at radius 2 is 1.74 bits per heavy atom. The van der Waals surface area contributed by atoms with Gasteiger partial charge in [0.25, 0.3) is 0 Å². The summed E-state index contributed by atoms with van der Waals surface area (Å²) in [5, 5.41) is 4.80. The maximum Gasteiger partial charge on any atom is 0.128 e. The van der Waals surface area contributed by atoms with E-state index in [1.54, 1.807) is 18.3 Å². The van der Waals surface area contributed by atoms with Crippen molar-refractivity contribution in [1.29, 1.82) is 0 Å². The molecule has 3 N–H and O–H groups in total. The topological polar surface area (TPSA) is 50.9 Å². The van der Waals surface area contributed by atoms with Crippen LogP contribution >= 0.6 is 11.6 Å². The molecule has 3 nitrogen and oxygen atoms in total. The van der Waals surface area contributed by atoms with E-state index in [2.05, 4.69) is 46.7 Å². The molecule has 1 aliphatic carbocycles. The van der Waals surface area contributed by atoms with Crippen molar-refractivity contribution in [2.75, 3.05) is 5.32 Å². The third-order valence-electron chi connectivity index (χ3n) is 6.14. The minimum absolute atomic E-state index is 0.140. The Kier molecular flexibility index (Phi) is 4.92. The van der Waals surface area contributed by atoms with Gasteiger partial charge in [0, 0.05) is 22.7 Å². The summed E-state index contributed by atoms with van der Waals surface area (Å²) >= 11 is 6.52. The van der Waals surface area contributed by atoms with E-state index in [0.717, 1.165) is 40.6 Å². The smallest absolute Gasteiger partial charge is 0.128 e. The molecular weight excluding hydrogens is 409 g/mol. The van der Waals surface area contributed by atoms with Crippen LogP contribution in [0.25, 0.3) is 22.0 Å². The highest BCUT2D eigenvalue weighted by atomic mass is 35.5. The van der Waals surface area contributed by atoms with E-state index in [9.17, 15) is 4.39 Å². The molecule has 0 saturated heterocycles. The lowest BCUT2D eigenvalue weighted by molar-refractivity contribution is 0.600. The van der Waals surface area contributed by atoms with E-state index in [1.165, 1.54) is 11.6 Å². The van der Waals surface area contributed by atoms with Gasteiger partial charge in [0.2, 0.25) is 0 Å². The lowest BCUT2D eigenvalue weighted by Crippen LogP contribution is -2.18. The number of rotatable bonds is 5. The second kappa shape index (κ2) is 7.63. The van der Waals surface area contributed by atoms with Gasteiger partial charge in [-0.2, -0.15) is 0 Å². The standard InChI is InChI=1S/C26H23ClFN3/c1-16(20-4-2-3-5-23(20)28)31-25-21-14-18(8-11-24(21)30-15-22(25)27)17-6-9-19(10-7-17)26(29)12-13-26/h2-11,14-16H,12-13,29H2,1H3,(H,30,31)/t16-/m1/s1. The monoisotopic (exact) mass is 431 g/mol. The minimum Gasteiger partial charge on any atom is -0.377 e. The lowest BCUT2D eigenvalue weighted by atomic mass is 9.98. The first-order chi connectivity index (χ1) is 14.9. The number of fused-ring (bicyclic) bond motifs is 1. The molecule has 0 bridgehead atoms. The van der Waals surface area contributed by atoms with E-state index in [0.29, 0.717) is 10.6 Å². The summed E-state index contributed by atoms with van der Waals surface area (Å²) in [6.45, 7) is 1.92. The molecular formula is C26H23ClFN3. The van der Waals surface area contributed by atoms with Crippen LogP contribution in [0, 0.1) is 5.82 Å². The van der Waals surface area contributed by atoms with Crippen LogP contribution in [0.1, 0.15) is 36.9 Å². The number of hydrogen-bond donors (Lipinski definition) is 2. The van der Waals surface area contributed by atoms with Gasteiger partial charge in [-0.15, -0.1) is 0 Å². The van der Waals surface area contributed by atoms with Crippen LogP contribution in [0.5, 0.6) is 0 Å². The molecule has 4 aromatic rings. The molecule has 1 atom stereocenters. The van der Waals surface area contributed by atoms with Crippen LogP contribution in [-0.4, -0.2) is 4.98 Å². The molecule has 1 aromatic heterocycles. The number of benzene rings is 3. The van der Waals surface area contributed by atoms with Crippen molar-refractivity contribution in [1.82, 2.24) is 4.98 Å². The van der Waals surface area contributed by atoms with E-state index >= 15 is 0 Å². The first-order valence-electron chi connectivity index (χ1n) is 10.4. The molecule has 0 aliphatic heterocycles. The Morgan fingerprint density at radius 1 is 1.03 bits per heavy atom. The van der Waals surface area contributed by atoms with Gasteiger partial charge in [-0.25, -0.2) is 4.39 Å². The number of nitrogens with two attached hydrogens (primary N) is 1. The van der Waals surface area contributed by atoms with Crippen molar-refractivity contribution >= 4 is 28.2 Å². The predicted octanol–water partition coefficient (Wildman–Crippen LogP) is 6.82. The fourth-order valence-electron chi connectivity index (χ4n) is 4.03. The first kappa shape index (κ1) is 20.0. The lowest BCUT2D eigenvalue weighted by Gasteiger charge is -2.19. The molecule has 1 heterocycles. The summed E-state index contributed by atoms with van der Waals surface area (Å²) in [4.78, 5) is 4.47. The van der Waals surface area contributed by atoms with Gasteiger partial charge in [0.15, 0.2) is 0 Å². The number of nitrogens with zero attached hydrogens (tertiary/aromatic N) is 1. The van der Waals surface area contributed by atoms with Crippen LogP contribution < -0.4 is 11.1 Å². The third kappa shape index (κ3) is 3.78. The molecule has 1 fully saturated rings. The summed E-state index contributed by atoms with van der Waals surface area (Å²) in [5.41, 5.74) is 11.7. The number of halogens is 2. The molecule has 3 aromatic carbocycles. The van der Waals surface area contributed by atoms with Crippen LogP contribution in [0.15, 0.2) is 72.9 Å². The van der Waals surface area contributed by atoms with Gasteiger partial charge in [-0.05, 0) is 54.7 Å². The van der Waals surface area contributed by atoms with Crippen molar-refractivity contribution in [3.8, 4) is 11.1 Å². The normalized spacial score (nSPS) is 15.6. The van der Waals surface area contributed by atoms with Gasteiger partial charge in [-0.1, -0.05) is 60.1 Å². The van der Waals surface area contributed by atoms with Gasteiger partial charge in [0.05, 0.1) is 22.3 Å². The van der Waals surface area contributed by atoms with E-state index in [4.69, 9.17) is 17.3 Å². The fourth-order valence-corrected chi connectivity index (χ4v) is 4.24. The Hall–Kier alpha value is -2.95. The highest BCUT2D eigenvalue weighted by molar-refractivity contribution is 6.34. The van der Waals surface area contributed by atoms with Crippen molar-refractivity contribution in [2.45, 2.75) is 31.3 Å². The van der Waals surface area contributed by atoms with Crippen LogP contribution in [0.2, 0.25) is 5.02 Å². The van der Waals surface area contributed by atoms with Crippen LogP contribution in [0.4, 0.5) is 10.1 Å². The molecule has 0 spiro atoms. The molecule has 5 rings (SSSR count). The highest BCUT2D eigenvalue weighted by Gasteiger charge is 2.39. The van der Waals surface area contributed by atoms with Crippen molar-refractivity contribution in [3.63, 3.8) is 0 Å². The van der Waals surface area contributed by atoms with Crippen LogP contribution in [-0.2, 0) is 5.54 Å². The predicted molar refractivity (Wildman–Crippen MR) is 126 cm³/mol. The molecule has 1 aliphatic rings. The maximum atomic E-state index is 14.3. The minimum atomic E-state index is -0.258. The zero-order valence-electron chi connectivity index (χ0n) is 17.2. The molecule has 0 amide bonds. The maximum absolute atomic E-state index is 14.3. The van der Waals surface area contributed by atoms with Crippen molar-refractivity contribution in [2.24, 2.45) is 5.73 Å². The third-order valence-corrected chi connectivity index (χ3v) is 6.42. The molecule has 0 unspecified atom stereocenters. The number of anilines is 1. The second-order valence-electron chi connectivity index (χ2n) is 8.33. The number of pyridine rings is 1. The van der Waals surface area contributed by atoms with E-state index in [1.807, 2.05) is 19.1 Å². The zero-order valence-corrected chi connectivity index (χ0v) is 18.0. The largest absolute Gasteiger partial charge is 0.377 e. The van der Waals surface area contributed by atoms with Crippen molar-refractivity contribution in [3.05, 3.63) is 94.9 Å². The van der Waals surface area contributed by atoms with E-state index < -0.39 is 0 Å². The SMILES string of the molecule is C[C@@H](Nc1c(Cl)cnc2ccc(-c3ccc(C4(N)CC4)cc3)cc12)c1ccccc1F. The summed E-state index contributed by atoms with van der Waals surface area (Å²) in [7, 11) is 0. The summed E-state index contributed by atoms with van der Waals surface area (Å²) in [6, 6.07) is 21.1. The Labute approximate surface area is 186 Å². The summed E-state index contributed by atoms with van der Waals surface area (Å²) in [6.07, 6.45) is 3.72. The number of aromatic nitrogens is 1. The zero-order chi connectivity index (χ0) is 21.6. The Bertz CT molecular complexity index is 1270. The average molecular weight is 432 g/mol. The summed E-state index contributed by atoms with van der Waals surface area (Å²) in [5.74, 6) is -0.244. The van der Waals surface area contributed by atoms with Crippen molar-refractivity contribution < 1.29 is 4.39 Å². The van der Waals surface area contributed by atoms with Gasteiger partial charge in [0.1, 0.15) is 5.82 Å². The van der Waals surface area contributed by atoms with Gasteiger partial charge < -0.3 is 11.1 Å². The average Bonchev–Trinajstić information content (AvgIpc) is 3.54.